The van der Waals surface area contributed by atoms with Crippen LogP contribution >= 0.6 is 11.6 Å². The molecule has 0 heterocycles. The Morgan fingerprint density at radius 2 is 1.65 bits per heavy atom. The second kappa shape index (κ2) is 8.34. The van der Waals surface area contributed by atoms with Crippen LogP contribution in [0.2, 0.25) is 5.02 Å². The lowest BCUT2D eigenvalue weighted by molar-refractivity contribution is -0.120. The fourth-order valence-electron chi connectivity index (χ4n) is 2.09. The number of benzene rings is 2. The van der Waals surface area contributed by atoms with E-state index >= 15 is 0 Å². The first-order valence-electron chi connectivity index (χ1n) is 7.41. The van der Waals surface area contributed by atoms with Crippen molar-refractivity contribution in [2.45, 2.75) is 12.8 Å². The van der Waals surface area contributed by atoms with Crippen molar-refractivity contribution in [1.29, 1.82) is 0 Å². The zero-order valence-corrected chi connectivity index (χ0v) is 13.6. The summed E-state index contributed by atoms with van der Waals surface area (Å²) in [6.45, 7) is 2.52. The van der Waals surface area contributed by atoms with Gasteiger partial charge in [-0.15, -0.1) is 0 Å². The molecule has 120 valence electrons. The molecule has 1 atom stereocenters. The number of carbonyl (C=O) groups is 2. The maximum atomic E-state index is 11.9. The molecule has 2 rings (SSSR count). The average Bonchev–Trinajstić information content (AvgIpc) is 2.59. The maximum Gasteiger partial charge on any atom is 0.251 e. The number of rotatable bonds is 6. The van der Waals surface area contributed by atoms with Gasteiger partial charge in [-0.1, -0.05) is 48.9 Å². The first-order valence-corrected chi connectivity index (χ1v) is 7.79. The van der Waals surface area contributed by atoms with E-state index in [4.69, 9.17) is 11.6 Å². The molecule has 0 saturated heterocycles. The van der Waals surface area contributed by atoms with E-state index in [1.54, 1.807) is 24.3 Å². The summed E-state index contributed by atoms with van der Waals surface area (Å²) in [6, 6.07) is 16.5. The van der Waals surface area contributed by atoms with Gasteiger partial charge in [-0.05, 0) is 35.7 Å². The SMILES string of the molecule is C[C@@H](CNC(=O)CNC(=O)c1ccc(Cl)cc1)c1ccccc1. The standard InChI is InChI=1S/C18H19ClN2O2/c1-13(14-5-3-2-4-6-14)11-20-17(22)12-21-18(23)15-7-9-16(19)10-8-15/h2-10,13H,11-12H2,1H3,(H,20,22)(H,21,23)/t13-/m0/s1. The first kappa shape index (κ1) is 17.0. The highest BCUT2D eigenvalue weighted by atomic mass is 35.5. The van der Waals surface area contributed by atoms with E-state index in [0.717, 1.165) is 5.56 Å². The van der Waals surface area contributed by atoms with E-state index in [1.165, 1.54) is 0 Å². The highest BCUT2D eigenvalue weighted by Gasteiger charge is 2.10. The number of hydrogen-bond donors (Lipinski definition) is 2. The first-order chi connectivity index (χ1) is 11.1. The minimum Gasteiger partial charge on any atom is -0.354 e. The molecule has 2 aromatic carbocycles. The minimum absolute atomic E-state index is 0.0526. The number of amides is 2. The van der Waals surface area contributed by atoms with Crippen LogP contribution in [0.5, 0.6) is 0 Å². The lowest BCUT2D eigenvalue weighted by atomic mass is 10.0. The third-order valence-electron chi connectivity index (χ3n) is 3.49. The molecule has 4 nitrogen and oxygen atoms in total. The summed E-state index contributed by atoms with van der Waals surface area (Å²) in [7, 11) is 0. The molecule has 2 amide bonds. The predicted molar refractivity (Wildman–Crippen MR) is 91.7 cm³/mol. The molecule has 0 aliphatic heterocycles. The Bertz CT molecular complexity index is 656. The Labute approximate surface area is 140 Å². The molecular formula is C18H19ClN2O2. The van der Waals surface area contributed by atoms with E-state index in [-0.39, 0.29) is 24.3 Å². The van der Waals surface area contributed by atoms with Crippen molar-refractivity contribution in [3.05, 3.63) is 70.7 Å². The van der Waals surface area contributed by atoms with Gasteiger partial charge >= 0.3 is 0 Å². The van der Waals surface area contributed by atoms with Crippen LogP contribution < -0.4 is 10.6 Å². The van der Waals surface area contributed by atoms with Gasteiger partial charge in [0.2, 0.25) is 5.91 Å². The van der Waals surface area contributed by atoms with Crippen molar-refractivity contribution >= 4 is 23.4 Å². The second-order valence-corrected chi connectivity index (χ2v) is 5.74. The highest BCUT2D eigenvalue weighted by Crippen LogP contribution is 2.12. The Kier molecular flexibility index (Phi) is 6.18. The predicted octanol–water partition coefficient (Wildman–Crippen LogP) is 2.99. The van der Waals surface area contributed by atoms with Crippen LogP contribution in [-0.2, 0) is 4.79 Å². The molecule has 0 bridgehead atoms. The van der Waals surface area contributed by atoms with Crippen molar-refractivity contribution in [2.75, 3.05) is 13.1 Å². The number of halogens is 1. The second-order valence-electron chi connectivity index (χ2n) is 5.31. The Hall–Kier alpha value is -2.33. The molecule has 2 aromatic rings. The van der Waals surface area contributed by atoms with Gasteiger partial charge < -0.3 is 10.6 Å². The van der Waals surface area contributed by atoms with Gasteiger partial charge in [0.25, 0.3) is 5.91 Å². The van der Waals surface area contributed by atoms with Crippen LogP contribution in [0.15, 0.2) is 54.6 Å². The quantitative estimate of drug-likeness (QED) is 0.855. The van der Waals surface area contributed by atoms with E-state index in [9.17, 15) is 9.59 Å². The summed E-state index contributed by atoms with van der Waals surface area (Å²) < 4.78 is 0. The van der Waals surface area contributed by atoms with Gasteiger partial charge in [0.1, 0.15) is 0 Å². The zero-order valence-electron chi connectivity index (χ0n) is 12.9. The van der Waals surface area contributed by atoms with Gasteiger partial charge in [0, 0.05) is 17.1 Å². The summed E-state index contributed by atoms with van der Waals surface area (Å²) in [5.74, 6) is -0.296. The molecule has 0 aliphatic carbocycles. The molecular weight excluding hydrogens is 312 g/mol. The van der Waals surface area contributed by atoms with Crippen LogP contribution in [-0.4, -0.2) is 24.9 Å². The smallest absolute Gasteiger partial charge is 0.251 e. The zero-order chi connectivity index (χ0) is 16.7. The van der Waals surface area contributed by atoms with Gasteiger partial charge in [-0.2, -0.15) is 0 Å². The van der Waals surface area contributed by atoms with Crippen LogP contribution in [0.1, 0.15) is 28.8 Å². The van der Waals surface area contributed by atoms with E-state index in [2.05, 4.69) is 10.6 Å². The van der Waals surface area contributed by atoms with E-state index in [0.29, 0.717) is 17.1 Å². The third kappa shape index (κ3) is 5.42. The third-order valence-corrected chi connectivity index (χ3v) is 3.74. The highest BCUT2D eigenvalue weighted by molar-refractivity contribution is 6.30. The van der Waals surface area contributed by atoms with Crippen LogP contribution in [0.4, 0.5) is 0 Å². The molecule has 0 radical (unpaired) electrons. The molecule has 2 N–H and O–H groups in total. The summed E-state index contributed by atoms with van der Waals surface area (Å²) in [4.78, 5) is 23.7. The van der Waals surface area contributed by atoms with Crippen LogP contribution in [0, 0.1) is 0 Å². The van der Waals surface area contributed by atoms with Crippen LogP contribution in [0.25, 0.3) is 0 Å². The van der Waals surface area contributed by atoms with E-state index in [1.807, 2.05) is 37.3 Å². The number of hydrogen-bond acceptors (Lipinski definition) is 2. The topological polar surface area (TPSA) is 58.2 Å². The Morgan fingerprint density at radius 1 is 1.00 bits per heavy atom. The van der Waals surface area contributed by atoms with Crippen molar-refractivity contribution in [2.24, 2.45) is 0 Å². The molecule has 23 heavy (non-hydrogen) atoms. The molecule has 0 aromatic heterocycles. The van der Waals surface area contributed by atoms with Gasteiger partial charge in [0.05, 0.1) is 6.54 Å². The molecule has 0 spiro atoms. The lowest BCUT2D eigenvalue weighted by Crippen LogP contribution is -2.38. The Balaban J connectivity index is 1.75. The fourth-order valence-corrected chi connectivity index (χ4v) is 2.22. The summed E-state index contributed by atoms with van der Waals surface area (Å²) in [5.41, 5.74) is 1.64. The summed E-state index contributed by atoms with van der Waals surface area (Å²) in [6.07, 6.45) is 0. The maximum absolute atomic E-state index is 11.9. The minimum atomic E-state index is -0.298. The van der Waals surface area contributed by atoms with Crippen molar-refractivity contribution in [3.63, 3.8) is 0 Å². The van der Waals surface area contributed by atoms with Crippen LogP contribution in [0.3, 0.4) is 0 Å². The summed E-state index contributed by atoms with van der Waals surface area (Å²) >= 11 is 5.77. The normalized spacial score (nSPS) is 11.6. The van der Waals surface area contributed by atoms with E-state index < -0.39 is 0 Å². The lowest BCUT2D eigenvalue weighted by Gasteiger charge is -2.13. The van der Waals surface area contributed by atoms with Crippen molar-refractivity contribution in [1.82, 2.24) is 10.6 Å². The van der Waals surface area contributed by atoms with Gasteiger partial charge in [-0.25, -0.2) is 0 Å². The average molecular weight is 331 g/mol. The largest absolute Gasteiger partial charge is 0.354 e. The molecule has 0 unspecified atom stereocenters. The summed E-state index contributed by atoms with van der Waals surface area (Å²) in [5, 5.41) is 5.97. The monoisotopic (exact) mass is 330 g/mol. The Morgan fingerprint density at radius 3 is 2.30 bits per heavy atom. The number of nitrogens with one attached hydrogen (secondary N) is 2. The molecule has 0 saturated carbocycles. The van der Waals surface area contributed by atoms with Crippen molar-refractivity contribution < 1.29 is 9.59 Å². The van der Waals surface area contributed by atoms with Gasteiger partial charge in [0.15, 0.2) is 0 Å². The molecule has 0 fully saturated rings. The van der Waals surface area contributed by atoms with Gasteiger partial charge in [-0.3, -0.25) is 9.59 Å². The van der Waals surface area contributed by atoms with Crippen molar-refractivity contribution in [3.8, 4) is 0 Å². The fraction of sp³-hybridized carbons (Fsp3) is 0.222. The number of carbonyl (C=O) groups excluding carboxylic acids is 2. The molecule has 5 heteroatoms. The molecule has 0 aliphatic rings.